The van der Waals surface area contributed by atoms with Crippen molar-refractivity contribution in [1.29, 1.82) is 0 Å². The lowest BCUT2D eigenvalue weighted by Crippen LogP contribution is -1.97. The summed E-state index contributed by atoms with van der Waals surface area (Å²) in [5.41, 5.74) is 8.82. The molecule has 0 aliphatic heterocycles. The Morgan fingerprint density at radius 3 is 2.78 bits per heavy atom. The molecule has 0 amide bonds. The molecule has 0 atom stereocenters. The molecule has 92 valence electrons. The van der Waals surface area contributed by atoms with Crippen molar-refractivity contribution in [3.63, 3.8) is 0 Å². The summed E-state index contributed by atoms with van der Waals surface area (Å²) >= 11 is 0. The first kappa shape index (κ1) is 11.0. The van der Waals surface area contributed by atoms with Crippen LogP contribution in [0.5, 0.6) is 0 Å². The van der Waals surface area contributed by atoms with E-state index in [1.807, 2.05) is 48.9 Å². The normalized spacial score (nSPS) is 11.3. The van der Waals surface area contributed by atoms with Crippen LogP contribution in [0.2, 0.25) is 0 Å². The molecular weight excluding hydrogens is 226 g/mol. The van der Waals surface area contributed by atoms with E-state index in [9.17, 15) is 0 Å². The summed E-state index contributed by atoms with van der Waals surface area (Å²) in [6, 6.07) is 9.94. The Morgan fingerprint density at radius 1 is 1.28 bits per heavy atom. The molecule has 3 rings (SSSR count). The van der Waals surface area contributed by atoms with Gasteiger partial charge >= 0.3 is 0 Å². The van der Waals surface area contributed by atoms with E-state index in [0.29, 0.717) is 6.54 Å². The maximum atomic E-state index is 5.75. The van der Waals surface area contributed by atoms with E-state index in [0.717, 1.165) is 33.9 Å². The third kappa shape index (κ3) is 1.54. The maximum Gasteiger partial charge on any atom is 0.176 e. The molecule has 0 aliphatic carbocycles. The Bertz CT molecular complexity index is 709. The maximum absolute atomic E-state index is 5.75. The number of hydrogen-bond acceptors (Lipinski definition) is 3. The highest BCUT2D eigenvalue weighted by atomic mass is 16.3. The molecule has 2 aromatic heterocycles. The zero-order valence-electron chi connectivity index (χ0n) is 10.5. The SMILES string of the molecule is Cc1ccc(-c2nc3c(CN)cccc3n2C)o1. The molecule has 0 fully saturated rings. The Labute approximate surface area is 105 Å². The number of furan rings is 1. The molecule has 0 aliphatic rings. The highest BCUT2D eigenvalue weighted by molar-refractivity contribution is 5.82. The lowest BCUT2D eigenvalue weighted by molar-refractivity contribution is 0.542. The average molecular weight is 241 g/mol. The predicted octanol–water partition coefficient (Wildman–Crippen LogP) is 2.60. The molecular formula is C14H15N3O. The van der Waals surface area contributed by atoms with Crippen LogP contribution >= 0.6 is 0 Å². The van der Waals surface area contributed by atoms with Crippen molar-refractivity contribution < 1.29 is 4.42 Å². The second kappa shape index (κ2) is 3.99. The summed E-state index contributed by atoms with van der Waals surface area (Å²) in [7, 11) is 1.99. The number of benzene rings is 1. The van der Waals surface area contributed by atoms with Gasteiger partial charge in [0.15, 0.2) is 11.6 Å². The van der Waals surface area contributed by atoms with Gasteiger partial charge in [-0.3, -0.25) is 0 Å². The third-order valence-corrected chi connectivity index (χ3v) is 3.18. The van der Waals surface area contributed by atoms with Gasteiger partial charge in [0, 0.05) is 13.6 Å². The molecule has 4 heteroatoms. The summed E-state index contributed by atoms with van der Waals surface area (Å²) in [6.07, 6.45) is 0. The fraction of sp³-hybridized carbons (Fsp3) is 0.214. The summed E-state index contributed by atoms with van der Waals surface area (Å²) in [5.74, 6) is 2.50. The van der Waals surface area contributed by atoms with Gasteiger partial charge in [-0.25, -0.2) is 4.98 Å². The van der Waals surface area contributed by atoms with Crippen molar-refractivity contribution in [2.24, 2.45) is 12.8 Å². The minimum absolute atomic E-state index is 0.491. The van der Waals surface area contributed by atoms with Crippen molar-refractivity contribution >= 4 is 11.0 Å². The second-order valence-corrected chi connectivity index (χ2v) is 4.39. The minimum Gasteiger partial charge on any atom is -0.458 e. The monoisotopic (exact) mass is 241 g/mol. The smallest absolute Gasteiger partial charge is 0.176 e. The van der Waals surface area contributed by atoms with E-state index in [1.54, 1.807) is 0 Å². The highest BCUT2D eigenvalue weighted by Gasteiger charge is 2.14. The molecule has 0 spiro atoms. The Balaban J connectivity index is 2.28. The van der Waals surface area contributed by atoms with Crippen LogP contribution in [0.15, 0.2) is 34.7 Å². The molecule has 0 radical (unpaired) electrons. The van der Waals surface area contributed by atoms with Crippen molar-refractivity contribution in [3.8, 4) is 11.6 Å². The van der Waals surface area contributed by atoms with Gasteiger partial charge in [0.2, 0.25) is 0 Å². The van der Waals surface area contributed by atoms with Crippen LogP contribution in [0.4, 0.5) is 0 Å². The number of para-hydroxylation sites is 1. The molecule has 0 bridgehead atoms. The number of fused-ring (bicyclic) bond motifs is 1. The van der Waals surface area contributed by atoms with Crippen molar-refractivity contribution in [1.82, 2.24) is 9.55 Å². The van der Waals surface area contributed by atoms with Gasteiger partial charge in [-0.1, -0.05) is 12.1 Å². The quantitative estimate of drug-likeness (QED) is 0.750. The van der Waals surface area contributed by atoms with E-state index in [2.05, 4.69) is 4.98 Å². The van der Waals surface area contributed by atoms with E-state index in [1.165, 1.54) is 0 Å². The number of imidazole rings is 1. The van der Waals surface area contributed by atoms with Gasteiger partial charge in [-0.15, -0.1) is 0 Å². The number of hydrogen-bond donors (Lipinski definition) is 1. The predicted molar refractivity (Wildman–Crippen MR) is 71.0 cm³/mol. The number of nitrogens with zero attached hydrogens (tertiary/aromatic N) is 2. The van der Waals surface area contributed by atoms with Gasteiger partial charge in [0.05, 0.1) is 11.0 Å². The van der Waals surface area contributed by atoms with E-state index in [4.69, 9.17) is 10.2 Å². The third-order valence-electron chi connectivity index (χ3n) is 3.18. The summed E-state index contributed by atoms with van der Waals surface area (Å²) in [6.45, 7) is 2.42. The molecule has 0 saturated carbocycles. The van der Waals surface area contributed by atoms with Crippen LogP contribution in [-0.2, 0) is 13.6 Å². The number of aromatic nitrogens is 2. The first-order valence-electron chi connectivity index (χ1n) is 5.92. The van der Waals surface area contributed by atoms with Gasteiger partial charge < -0.3 is 14.7 Å². The lowest BCUT2D eigenvalue weighted by atomic mass is 10.2. The zero-order chi connectivity index (χ0) is 12.7. The fourth-order valence-corrected chi connectivity index (χ4v) is 2.21. The van der Waals surface area contributed by atoms with E-state index < -0.39 is 0 Å². The largest absolute Gasteiger partial charge is 0.458 e. The first-order valence-corrected chi connectivity index (χ1v) is 5.92. The molecule has 4 nitrogen and oxygen atoms in total. The Hall–Kier alpha value is -2.07. The highest BCUT2D eigenvalue weighted by Crippen LogP contribution is 2.26. The zero-order valence-corrected chi connectivity index (χ0v) is 10.5. The van der Waals surface area contributed by atoms with E-state index in [-0.39, 0.29) is 0 Å². The van der Waals surface area contributed by atoms with Gasteiger partial charge in [0.25, 0.3) is 0 Å². The molecule has 3 aromatic rings. The van der Waals surface area contributed by atoms with Crippen molar-refractivity contribution in [2.75, 3.05) is 0 Å². The van der Waals surface area contributed by atoms with Crippen LogP contribution in [0, 0.1) is 6.92 Å². The van der Waals surface area contributed by atoms with Crippen LogP contribution in [0.25, 0.3) is 22.6 Å². The number of nitrogens with two attached hydrogens (primary N) is 1. The van der Waals surface area contributed by atoms with Crippen LogP contribution in [-0.4, -0.2) is 9.55 Å². The lowest BCUT2D eigenvalue weighted by Gasteiger charge is -1.99. The molecule has 0 unspecified atom stereocenters. The summed E-state index contributed by atoms with van der Waals surface area (Å²) in [5, 5.41) is 0. The number of rotatable bonds is 2. The van der Waals surface area contributed by atoms with Crippen molar-refractivity contribution in [3.05, 3.63) is 41.7 Å². The average Bonchev–Trinajstić information content (AvgIpc) is 2.94. The van der Waals surface area contributed by atoms with Gasteiger partial charge in [-0.05, 0) is 30.7 Å². The van der Waals surface area contributed by atoms with Gasteiger partial charge in [0.1, 0.15) is 5.76 Å². The minimum atomic E-state index is 0.491. The van der Waals surface area contributed by atoms with Crippen molar-refractivity contribution in [2.45, 2.75) is 13.5 Å². The fourth-order valence-electron chi connectivity index (χ4n) is 2.21. The second-order valence-electron chi connectivity index (χ2n) is 4.39. The van der Waals surface area contributed by atoms with Crippen LogP contribution < -0.4 is 5.73 Å². The standard InChI is InChI=1S/C14H15N3O/c1-9-6-7-12(18-9)14-16-13-10(8-15)4-3-5-11(13)17(14)2/h3-7H,8,15H2,1-2H3. The van der Waals surface area contributed by atoms with E-state index >= 15 is 0 Å². The Kier molecular flexibility index (Phi) is 2.45. The Morgan fingerprint density at radius 2 is 2.11 bits per heavy atom. The topological polar surface area (TPSA) is 57.0 Å². The summed E-state index contributed by atoms with van der Waals surface area (Å²) < 4.78 is 7.67. The van der Waals surface area contributed by atoms with Crippen LogP contribution in [0.1, 0.15) is 11.3 Å². The van der Waals surface area contributed by atoms with Crippen LogP contribution in [0.3, 0.4) is 0 Å². The summed E-state index contributed by atoms with van der Waals surface area (Å²) in [4.78, 5) is 4.66. The molecule has 0 saturated heterocycles. The number of aryl methyl sites for hydroxylation is 2. The van der Waals surface area contributed by atoms with Gasteiger partial charge in [-0.2, -0.15) is 0 Å². The molecule has 1 aromatic carbocycles. The molecule has 18 heavy (non-hydrogen) atoms. The first-order chi connectivity index (χ1) is 8.70. The molecule has 2 N–H and O–H groups in total. The molecule has 2 heterocycles.